The van der Waals surface area contributed by atoms with Crippen LogP contribution in [0.2, 0.25) is 0 Å². The monoisotopic (exact) mass is 333 g/mol. The summed E-state index contributed by atoms with van der Waals surface area (Å²) in [5.41, 5.74) is 5.54. The number of rotatable bonds is 4. The largest absolute Gasteiger partial charge is 0.488 e. The molecule has 1 unspecified atom stereocenters. The maximum atomic E-state index is 13.3. The molecule has 0 bridgehead atoms. The van der Waals surface area contributed by atoms with Crippen molar-refractivity contribution >= 4 is 0 Å². The van der Waals surface area contributed by atoms with Gasteiger partial charge in [-0.15, -0.1) is 0 Å². The molecule has 25 heavy (non-hydrogen) atoms. The van der Waals surface area contributed by atoms with Gasteiger partial charge in [0, 0.05) is 18.5 Å². The lowest BCUT2D eigenvalue weighted by Crippen LogP contribution is -2.27. The van der Waals surface area contributed by atoms with E-state index in [1.807, 2.05) is 37.4 Å². The number of hydrogen-bond acceptors (Lipinski definition) is 2. The van der Waals surface area contributed by atoms with Gasteiger partial charge in [-0.3, -0.25) is 0 Å². The summed E-state index contributed by atoms with van der Waals surface area (Å²) in [5, 5.41) is 3.18. The van der Waals surface area contributed by atoms with Crippen molar-refractivity contribution in [2.45, 2.75) is 12.5 Å². The van der Waals surface area contributed by atoms with E-state index in [1.54, 1.807) is 0 Å². The zero-order valence-electron chi connectivity index (χ0n) is 14.1. The lowest BCUT2D eigenvalue weighted by atomic mass is 9.94. The lowest BCUT2D eigenvalue weighted by molar-refractivity contribution is 0.232. The van der Waals surface area contributed by atoms with Crippen LogP contribution < -0.4 is 10.1 Å². The van der Waals surface area contributed by atoms with Crippen LogP contribution in [0, 0.1) is 5.82 Å². The molecular formula is C22H20FNO. The fraction of sp³-hybridized carbons (Fsp3) is 0.182. The molecule has 126 valence electrons. The molecule has 0 fully saturated rings. The molecule has 1 heterocycles. The minimum atomic E-state index is -0.228. The van der Waals surface area contributed by atoms with Crippen LogP contribution >= 0.6 is 0 Å². The van der Waals surface area contributed by atoms with Crippen LogP contribution in [0.1, 0.15) is 5.56 Å². The summed E-state index contributed by atoms with van der Waals surface area (Å²) in [4.78, 5) is 0. The first-order valence-corrected chi connectivity index (χ1v) is 8.54. The molecule has 1 atom stereocenters. The molecule has 0 spiro atoms. The molecule has 0 saturated heterocycles. The van der Waals surface area contributed by atoms with E-state index in [2.05, 4.69) is 29.6 Å². The van der Waals surface area contributed by atoms with Gasteiger partial charge in [0.25, 0.3) is 0 Å². The van der Waals surface area contributed by atoms with Crippen molar-refractivity contribution in [1.29, 1.82) is 0 Å². The number of fused-ring (bicyclic) bond motifs is 1. The smallest absolute Gasteiger partial charge is 0.131 e. The Labute approximate surface area is 147 Å². The molecule has 3 heteroatoms. The normalized spacial score (nSPS) is 15.7. The Morgan fingerprint density at radius 1 is 0.960 bits per heavy atom. The quantitative estimate of drug-likeness (QED) is 0.748. The highest BCUT2D eigenvalue weighted by molar-refractivity contribution is 5.80. The average Bonchev–Trinajstić information content (AvgIpc) is 3.05. The highest BCUT2D eigenvalue weighted by atomic mass is 19.1. The predicted octanol–water partition coefficient (Wildman–Crippen LogP) is 4.68. The molecule has 0 aromatic heterocycles. The number of benzene rings is 3. The van der Waals surface area contributed by atoms with Gasteiger partial charge in [0.05, 0.1) is 0 Å². The first-order chi connectivity index (χ1) is 12.2. The van der Waals surface area contributed by atoms with E-state index < -0.39 is 0 Å². The molecule has 1 aliphatic rings. The van der Waals surface area contributed by atoms with Crippen LogP contribution in [-0.4, -0.2) is 19.7 Å². The lowest BCUT2D eigenvalue weighted by Gasteiger charge is -2.14. The van der Waals surface area contributed by atoms with Crippen LogP contribution in [0.25, 0.3) is 22.3 Å². The van der Waals surface area contributed by atoms with Crippen molar-refractivity contribution in [3.05, 3.63) is 78.1 Å². The van der Waals surface area contributed by atoms with Crippen LogP contribution in [0.15, 0.2) is 66.7 Å². The van der Waals surface area contributed by atoms with Gasteiger partial charge < -0.3 is 10.1 Å². The second kappa shape index (κ2) is 6.69. The topological polar surface area (TPSA) is 21.3 Å². The average molecular weight is 333 g/mol. The third-order valence-corrected chi connectivity index (χ3v) is 4.59. The summed E-state index contributed by atoms with van der Waals surface area (Å²) in [6.07, 6.45) is 1.01. The summed E-state index contributed by atoms with van der Waals surface area (Å²) in [7, 11) is 1.93. The Morgan fingerprint density at radius 3 is 2.44 bits per heavy atom. The van der Waals surface area contributed by atoms with Gasteiger partial charge in [-0.1, -0.05) is 42.5 Å². The van der Waals surface area contributed by atoms with Crippen molar-refractivity contribution < 1.29 is 9.13 Å². The van der Waals surface area contributed by atoms with Crippen LogP contribution in [0.3, 0.4) is 0 Å². The molecular weight excluding hydrogens is 313 g/mol. The number of hydrogen-bond donors (Lipinski definition) is 1. The number of likely N-dealkylation sites (N-methyl/N-ethyl adjacent to an activating group) is 1. The minimum Gasteiger partial charge on any atom is -0.488 e. The Hall–Kier alpha value is -2.65. The number of halogens is 1. The van der Waals surface area contributed by atoms with E-state index in [4.69, 9.17) is 4.74 Å². The summed E-state index contributed by atoms with van der Waals surface area (Å²) in [6.45, 7) is 0.804. The van der Waals surface area contributed by atoms with Crippen molar-refractivity contribution in [3.8, 4) is 28.0 Å². The maximum Gasteiger partial charge on any atom is 0.131 e. The fourth-order valence-electron chi connectivity index (χ4n) is 3.42. The van der Waals surface area contributed by atoms with Crippen molar-refractivity contribution in [2.24, 2.45) is 0 Å². The van der Waals surface area contributed by atoms with E-state index in [0.717, 1.165) is 35.4 Å². The van der Waals surface area contributed by atoms with E-state index in [-0.39, 0.29) is 11.9 Å². The Balaban J connectivity index is 1.84. The van der Waals surface area contributed by atoms with Crippen LogP contribution in [-0.2, 0) is 6.42 Å². The second-order valence-electron chi connectivity index (χ2n) is 6.39. The molecule has 3 aromatic rings. The highest BCUT2D eigenvalue weighted by Crippen LogP contribution is 2.42. The number of ether oxygens (including phenoxy) is 1. The highest BCUT2D eigenvalue weighted by Gasteiger charge is 2.26. The van der Waals surface area contributed by atoms with Gasteiger partial charge in [-0.05, 0) is 53.6 Å². The molecule has 0 saturated carbocycles. The van der Waals surface area contributed by atoms with E-state index in [0.29, 0.717) is 0 Å². The third-order valence-electron chi connectivity index (χ3n) is 4.59. The minimum absolute atomic E-state index is 0.130. The maximum absolute atomic E-state index is 13.3. The SMILES string of the molecule is CNCC1Cc2cc(-c3ccccc3)cc(-c3ccc(F)cc3)c2O1. The van der Waals surface area contributed by atoms with Crippen molar-refractivity contribution in [1.82, 2.24) is 5.32 Å². The van der Waals surface area contributed by atoms with Gasteiger partial charge in [0.2, 0.25) is 0 Å². The first kappa shape index (κ1) is 15.9. The zero-order chi connectivity index (χ0) is 17.2. The molecule has 1 N–H and O–H groups in total. The summed E-state index contributed by atoms with van der Waals surface area (Å²) < 4.78 is 19.5. The zero-order valence-corrected chi connectivity index (χ0v) is 14.1. The second-order valence-corrected chi connectivity index (χ2v) is 6.39. The van der Waals surface area contributed by atoms with Gasteiger partial charge in [0.15, 0.2) is 0 Å². The van der Waals surface area contributed by atoms with Gasteiger partial charge in [-0.25, -0.2) is 4.39 Å². The van der Waals surface area contributed by atoms with E-state index in [9.17, 15) is 4.39 Å². The summed E-state index contributed by atoms with van der Waals surface area (Å²) in [5.74, 6) is 0.695. The molecule has 4 rings (SSSR count). The molecule has 0 aliphatic carbocycles. The first-order valence-electron chi connectivity index (χ1n) is 8.54. The predicted molar refractivity (Wildman–Crippen MR) is 99.3 cm³/mol. The third kappa shape index (κ3) is 3.15. The Morgan fingerprint density at radius 2 is 1.72 bits per heavy atom. The van der Waals surface area contributed by atoms with E-state index in [1.165, 1.54) is 23.3 Å². The van der Waals surface area contributed by atoms with Crippen molar-refractivity contribution in [3.63, 3.8) is 0 Å². The Kier molecular flexibility index (Phi) is 4.24. The van der Waals surface area contributed by atoms with Crippen molar-refractivity contribution in [2.75, 3.05) is 13.6 Å². The molecule has 2 nitrogen and oxygen atoms in total. The molecule has 0 amide bonds. The fourth-order valence-corrected chi connectivity index (χ4v) is 3.42. The standard InChI is InChI=1S/C22H20FNO/c1-24-14-20-12-18-11-17(15-5-3-2-4-6-15)13-21(22(18)25-20)16-7-9-19(23)10-8-16/h2-11,13,20,24H,12,14H2,1H3. The molecule has 3 aromatic carbocycles. The van der Waals surface area contributed by atoms with E-state index >= 15 is 0 Å². The van der Waals surface area contributed by atoms with Gasteiger partial charge in [0.1, 0.15) is 17.7 Å². The summed E-state index contributed by atoms with van der Waals surface area (Å²) in [6, 6.07) is 21.3. The van der Waals surface area contributed by atoms with Gasteiger partial charge in [-0.2, -0.15) is 0 Å². The van der Waals surface area contributed by atoms with Crippen LogP contribution in [0.5, 0.6) is 5.75 Å². The molecule has 0 radical (unpaired) electrons. The van der Waals surface area contributed by atoms with Gasteiger partial charge >= 0.3 is 0 Å². The molecule has 1 aliphatic heterocycles. The number of nitrogens with one attached hydrogen (secondary N) is 1. The summed E-state index contributed by atoms with van der Waals surface area (Å²) >= 11 is 0. The Bertz CT molecular complexity index is 875. The van der Waals surface area contributed by atoms with Crippen LogP contribution in [0.4, 0.5) is 4.39 Å².